The van der Waals surface area contributed by atoms with Crippen molar-refractivity contribution in [2.75, 3.05) is 34.9 Å². The lowest BCUT2D eigenvalue weighted by Crippen LogP contribution is -2.52. The van der Waals surface area contributed by atoms with Crippen LogP contribution < -0.4 is 15.1 Å². The molecule has 0 spiro atoms. The minimum Gasteiger partial charge on any atom is -0.381 e. The molecule has 6 rings (SSSR count). The van der Waals surface area contributed by atoms with Crippen molar-refractivity contribution in [1.82, 2.24) is 20.2 Å². The second-order valence-corrected chi connectivity index (χ2v) is 9.42. The molecule has 10 nitrogen and oxygen atoms in total. The van der Waals surface area contributed by atoms with Crippen molar-refractivity contribution >= 4 is 45.6 Å². The van der Waals surface area contributed by atoms with Gasteiger partial charge in [-0.1, -0.05) is 6.07 Å². The van der Waals surface area contributed by atoms with Crippen molar-refractivity contribution in [2.45, 2.75) is 25.8 Å². The molecule has 1 atom stereocenters. The highest BCUT2D eigenvalue weighted by Crippen LogP contribution is 2.40. The van der Waals surface area contributed by atoms with Crippen LogP contribution in [0.3, 0.4) is 0 Å². The minimum atomic E-state index is -0.439. The van der Waals surface area contributed by atoms with Crippen LogP contribution in [0.2, 0.25) is 0 Å². The Kier molecular flexibility index (Phi) is 5.90. The standard InChI is InChI=1S/C27H26N8O2/c1-17-26(36)35(22-4-2-3-19(11-22)13-28)24-15-29-27(31-21-5-6-23-20(12-21)14-30-33-23)32-25(24)34(17)16-18-7-9-37-10-8-18/h2-6,11-12,14-15,17-18H,7-10,16H2,1H3,(H,30,33)(H,29,31,32)/t17-/m1/s1. The predicted molar refractivity (Wildman–Crippen MR) is 140 cm³/mol. The summed E-state index contributed by atoms with van der Waals surface area (Å²) < 4.78 is 5.55. The molecular formula is C27H26N8O2. The molecule has 2 aliphatic heterocycles. The Bertz CT molecular complexity index is 1500. The second-order valence-electron chi connectivity index (χ2n) is 9.42. The molecule has 4 heterocycles. The Labute approximate surface area is 213 Å². The minimum absolute atomic E-state index is 0.0793. The first-order valence-electron chi connectivity index (χ1n) is 12.4. The number of benzene rings is 2. The fourth-order valence-corrected chi connectivity index (χ4v) is 5.00. The predicted octanol–water partition coefficient (Wildman–Crippen LogP) is 4.27. The molecule has 2 aromatic heterocycles. The molecule has 1 fully saturated rings. The lowest BCUT2D eigenvalue weighted by atomic mass is 9.98. The average Bonchev–Trinajstić information content (AvgIpc) is 3.40. The van der Waals surface area contributed by atoms with Gasteiger partial charge in [-0.2, -0.15) is 15.3 Å². The molecule has 2 aromatic carbocycles. The van der Waals surface area contributed by atoms with Crippen LogP contribution in [0.15, 0.2) is 54.9 Å². The number of carbonyl (C=O) groups excluding carboxylic acids is 1. The maximum Gasteiger partial charge on any atom is 0.254 e. The summed E-state index contributed by atoms with van der Waals surface area (Å²) in [5.74, 6) is 1.44. The van der Waals surface area contributed by atoms with Crippen molar-refractivity contribution in [2.24, 2.45) is 5.92 Å². The number of hydrogen-bond acceptors (Lipinski definition) is 8. The van der Waals surface area contributed by atoms with E-state index in [2.05, 4.69) is 31.5 Å². The molecule has 10 heteroatoms. The van der Waals surface area contributed by atoms with Crippen LogP contribution in [-0.2, 0) is 9.53 Å². The number of hydrogen-bond donors (Lipinski definition) is 2. The summed E-state index contributed by atoms with van der Waals surface area (Å²) in [7, 11) is 0. The second kappa shape index (κ2) is 9.52. The molecule has 0 aliphatic carbocycles. The van der Waals surface area contributed by atoms with Gasteiger partial charge in [0, 0.05) is 30.8 Å². The number of anilines is 5. The molecule has 186 valence electrons. The Balaban J connectivity index is 1.41. The highest BCUT2D eigenvalue weighted by molar-refractivity contribution is 6.09. The molecule has 37 heavy (non-hydrogen) atoms. The van der Waals surface area contributed by atoms with Crippen molar-refractivity contribution in [1.29, 1.82) is 5.26 Å². The quantitative estimate of drug-likeness (QED) is 0.422. The molecule has 2 aliphatic rings. The topological polar surface area (TPSA) is 123 Å². The maximum absolute atomic E-state index is 13.7. The van der Waals surface area contributed by atoms with Gasteiger partial charge >= 0.3 is 0 Å². The van der Waals surface area contributed by atoms with Gasteiger partial charge in [0.2, 0.25) is 5.95 Å². The molecule has 0 bridgehead atoms. The van der Waals surface area contributed by atoms with Crippen LogP contribution in [0.4, 0.5) is 28.8 Å². The van der Waals surface area contributed by atoms with Crippen molar-refractivity contribution in [3.05, 3.63) is 60.4 Å². The lowest BCUT2D eigenvalue weighted by Gasteiger charge is -2.42. The summed E-state index contributed by atoms with van der Waals surface area (Å²) in [5.41, 5.74) is 3.49. The summed E-state index contributed by atoms with van der Waals surface area (Å²) in [5, 5.41) is 20.7. The van der Waals surface area contributed by atoms with Crippen LogP contribution in [0, 0.1) is 17.2 Å². The van der Waals surface area contributed by atoms with Crippen LogP contribution >= 0.6 is 0 Å². The fraction of sp³-hybridized carbons (Fsp3) is 0.296. The molecule has 2 N–H and O–H groups in total. The number of aromatic nitrogens is 4. The number of nitrogens with one attached hydrogen (secondary N) is 2. The van der Waals surface area contributed by atoms with E-state index in [-0.39, 0.29) is 5.91 Å². The van der Waals surface area contributed by atoms with Crippen LogP contribution in [-0.4, -0.2) is 51.9 Å². The SMILES string of the molecule is C[C@@H]1C(=O)N(c2cccc(C#N)c2)c2cnc(Nc3ccc4[nH]ncc4c3)nc2N1CC1CCOCC1. The van der Waals surface area contributed by atoms with E-state index in [4.69, 9.17) is 9.72 Å². The van der Waals surface area contributed by atoms with E-state index in [0.29, 0.717) is 41.2 Å². The highest BCUT2D eigenvalue weighted by Gasteiger charge is 2.39. The zero-order valence-electron chi connectivity index (χ0n) is 20.4. The number of fused-ring (bicyclic) bond motifs is 2. The van der Waals surface area contributed by atoms with E-state index in [0.717, 1.165) is 42.6 Å². The molecule has 0 saturated carbocycles. The number of H-pyrrole nitrogens is 1. The number of rotatable bonds is 5. The molecule has 4 aromatic rings. The number of nitriles is 1. The van der Waals surface area contributed by atoms with Gasteiger partial charge in [-0.25, -0.2) is 4.98 Å². The monoisotopic (exact) mass is 494 g/mol. The number of nitrogens with zero attached hydrogens (tertiary/aromatic N) is 6. The van der Waals surface area contributed by atoms with Gasteiger partial charge in [-0.15, -0.1) is 0 Å². The van der Waals surface area contributed by atoms with Gasteiger partial charge in [0.15, 0.2) is 5.82 Å². The van der Waals surface area contributed by atoms with E-state index >= 15 is 0 Å². The summed E-state index contributed by atoms with van der Waals surface area (Å²) in [4.78, 5) is 26.9. The highest BCUT2D eigenvalue weighted by atomic mass is 16.5. The fourth-order valence-electron chi connectivity index (χ4n) is 5.00. The first-order chi connectivity index (χ1) is 18.1. The number of amides is 1. The van der Waals surface area contributed by atoms with Crippen LogP contribution in [0.1, 0.15) is 25.3 Å². The molecule has 0 radical (unpaired) electrons. The van der Waals surface area contributed by atoms with Gasteiger partial charge in [0.05, 0.1) is 35.2 Å². The van der Waals surface area contributed by atoms with Crippen LogP contribution in [0.5, 0.6) is 0 Å². The summed E-state index contributed by atoms with van der Waals surface area (Å²) in [6.45, 7) is 4.07. The zero-order valence-corrected chi connectivity index (χ0v) is 20.4. The zero-order chi connectivity index (χ0) is 25.4. The van der Waals surface area contributed by atoms with E-state index in [1.807, 2.05) is 31.2 Å². The molecule has 1 amide bonds. The smallest absolute Gasteiger partial charge is 0.254 e. The van der Waals surface area contributed by atoms with E-state index < -0.39 is 6.04 Å². The Morgan fingerprint density at radius 3 is 2.89 bits per heavy atom. The molecule has 0 unspecified atom stereocenters. The summed E-state index contributed by atoms with van der Waals surface area (Å²) in [6.07, 6.45) is 5.34. The van der Waals surface area contributed by atoms with Crippen molar-refractivity contribution in [3.8, 4) is 6.07 Å². The third-order valence-corrected chi connectivity index (χ3v) is 7.03. The first-order valence-corrected chi connectivity index (χ1v) is 12.4. The first kappa shape index (κ1) is 22.9. The third-order valence-electron chi connectivity index (χ3n) is 7.03. The van der Waals surface area contributed by atoms with Gasteiger partial charge < -0.3 is 15.0 Å². The van der Waals surface area contributed by atoms with Gasteiger partial charge in [-0.05, 0) is 62.1 Å². The normalized spacial score (nSPS) is 18.1. The number of aromatic amines is 1. The lowest BCUT2D eigenvalue weighted by molar-refractivity contribution is -0.119. The van der Waals surface area contributed by atoms with E-state index in [1.165, 1.54) is 0 Å². The van der Waals surface area contributed by atoms with Gasteiger partial charge in [0.25, 0.3) is 5.91 Å². The van der Waals surface area contributed by atoms with Crippen molar-refractivity contribution < 1.29 is 9.53 Å². The largest absolute Gasteiger partial charge is 0.381 e. The third kappa shape index (κ3) is 4.34. The Hall–Kier alpha value is -4.49. The van der Waals surface area contributed by atoms with Crippen molar-refractivity contribution in [3.63, 3.8) is 0 Å². The Morgan fingerprint density at radius 1 is 1.19 bits per heavy atom. The maximum atomic E-state index is 13.7. The van der Waals surface area contributed by atoms with E-state index in [1.54, 1.807) is 35.5 Å². The van der Waals surface area contributed by atoms with Crippen LogP contribution in [0.25, 0.3) is 10.9 Å². The number of ether oxygens (including phenoxy) is 1. The van der Waals surface area contributed by atoms with Gasteiger partial charge in [0.1, 0.15) is 11.7 Å². The summed E-state index contributed by atoms with van der Waals surface area (Å²) in [6, 6.07) is 14.6. The molecule has 1 saturated heterocycles. The summed E-state index contributed by atoms with van der Waals surface area (Å²) >= 11 is 0. The molecular weight excluding hydrogens is 468 g/mol. The average molecular weight is 495 g/mol. The Morgan fingerprint density at radius 2 is 2.05 bits per heavy atom. The number of carbonyl (C=O) groups is 1. The van der Waals surface area contributed by atoms with E-state index in [9.17, 15) is 10.1 Å². The van der Waals surface area contributed by atoms with Gasteiger partial charge in [-0.3, -0.25) is 14.8 Å².